The molecule has 0 bridgehead atoms. The zero-order chi connectivity index (χ0) is 15.5. The molecule has 0 amide bonds. The van der Waals surface area contributed by atoms with Crippen molar-refractivity contribution in [2.75, 3.05) is 27.2 Å². The maximum atomic E-state index is 5.64. The van der Waals surface area contributed by atoms with E-state index in [1.807, 2.05) is 38.2 Å². The molecule has 0 aromatic heterocycles. The van der Waals surface area contributed by atoms with Crippen LogP contribution in [0.4, 0.5) is 0 Å². The summed E-state index contributed by atoms with van der Waals surface area (Å²) in [6.45, 7) is 8.08. The van der Waals surface area contributed by atoms with Gasteiger partial charge >= 0.3 is 0 Å². The topological polar surface area (TPSA) is 36.9 Å². The van der Waals surface area contributed by atoms with Crippen LogP contribution in [0.2, 0.25) is 0 Å². The lowest BCUT2D eigenvalue weighted by Gasteiger charge is -2.22. The molecule has 4 nitrogen and oxygen atoms in total. The second-order valence-electron chi connectivity index (χ2n) is 4.79. The molecule has 0 heterocycles. The number of hydrogen-bond acceptors (Lipinski definition) is 2. The Morgan fingerprint density at radius 3 is 2.86 bits per heavy atom. The van der Waals surface area contributed by atoms with Gasteiger partial charge in [0.1, 0.15) is 5.75 Å². The van der Waals surface area contributed by atoms with E-state index in [0.717, 1.165) is 36.7 Å². The van der Waals surface area contributed by atoms with Crippen molar-refractivity contribution in [2.45, 2.75) is 26.3 Å². The summed E-state index contributed by atoms with van der Waals surface area (Å²) in [7, 11) is 3.85. The van der Waals surface area contributed by atoms with Gasteiger partial charge in [-0.05, 0) is 25.8 Å². The van der Waals surface area contributed by atoms with Gasteiger partial charge in [-0.1, -0.05) is 24.3 Å². The third kappa shape index (κ3) is 5.90. The normalized spacial score (nSPS) is 11.1. The predicted molar refractivity (Wildman–Crippen MR) is 89.9 cm³/mol. The molecule has 21 heavy (non-hydrogen) atoms. The Bertz CT molecular complexity index is 457. The highest BCUT2D eigenvalue weighted by Gasteiger charge is 2.07. The van der Waals surface area contributed by atoms with Crippen LogP contribution < -0.4 is 10.1 Å². The maximum Gasteiger partial charge on any atom is 0.193 e. The van der Waals surface area contributed by atoms with Gasteiger partial charge in [0.15, 0.2) is 5.96 Å². The van der Waals surface area contributed by atoms with Crippen LogP contribution in [-0.2, 0) is 6.54 Å². The number of rotatable bonds is 8. The molecule has 116 valence electrons. The molecule has 0 saturated heterocycles. The Labute approximate surface area is 128 Å². The van der Waals surface area contributed by atoms with E-state index < -0.39 is 0 Å². The van der Waals surface area contributed by atoms with Crippen molar-refractivity contribution >= 4 is 5.96 Å². The highest BCUT2D eigenvalue weighted by molar-refractivity contribution is 5.79. The van der Waals surface area contributed by atoms with Crippen molar-refractivity contribution in [2.24, 2.45) is 4.99 Å². The summed E-state index contributed by atoms with van der Waals surface area (Å²) in [5.41, 5.74) is 1.14. The molecule has 0 radical (unpaired) electrons. The van der Waals surface area contributed by atoms with E-state index in [1.54, 1.807) is 7.05 Å². The van der Waals surface area contributed by atoms with Crippen molar-refractivity contribution in [3.8, 4) is 5.75 Å². The van der Waals surface area contributed by atoms with Gasteiger partial charge in [0.25, 0.3) is 0 Å². The molecular formula is C17H27N3O. The maximum absolute atomic E-state index is 5.64. The summed E-state index contributed by atoms with van der Waals surface area (Å²) in [6.07, 6.45) is 4.05. The summed E-state index contributed by atoms with van der Waals surface area (Å²) in [5.74, 6) is 1.82. The Kier molecular flexibility index (Phi) is 8.02. The molecule has 0 saturated carbocycles. The number of para-hydroxylation sites is 1. The zero-order valence-corrected chi connectivity index (χ0v) is 13.4. The van der Waals surface area contributed by atoms with Gasteiger partial charge in [0, 0.05) is 32.7 Å². The number of aliphatic imine (C=N–C) groups is 1. The van der Waals surface area contributed by atoms with E-state index >= 15 is 0 Å². The number of ether oxygens (including phenoxy) is 1. The largest absolute Gasteiger partial charge is 0.494 e. The lowest BCUT2D eigenvalue weighted by atomic mass is 10.2. The summed E-state index contributed by atoms with van der Waals surface area (Å²) in [4.78, 5) is 6.45. The quantitative estimate of drug-likeness (QED) is 0.346. The molecule has 0 atom stereocenters. The Hall–Kier alpha value is -1.97. The molecular weight excluding hydrogens is 262 g/mol. The third-order valence-electron chi connectivity index (χ3n) is 3.18. The van der Waals surface area contributed by atoms with Gasteiger partial charge in [0.05, 0.1) is 6.61 Å². The van der Waals surface area contributed by atoms with Gasteiger partial charge in [-0.15, -0.1) is 6.58 Å². The standard InChI is InChI=1S/C17H27N3O/c1-5-7-10-13-20(4)17(18-3)19-14-15-11-8-9-12-16(15)21-6-2/h5,8-9,11-12H,1,6-7,10,13-14H2,2-4H3,(H,18,19). The van der Waals surface area contributed by atoms with Crippen molar-refractivity contribution in [3.63, 3.8) is 0 Å². The van der Waals surface area contributed by atoms with Gasteiger partial charge in [-0.3, -0.25) is 4.99 Å². The van der Waals surface area contributed by atoms with Crippen LogP contribution in [0.3, 0.4) is 0 Å². The molecule has 0 aliphatic heterocycles. The molecule has 4 heteroatoms. The van der Waals surface area contributed by atoms with Crippen LogP contribution in [-0.4, -0.2) is 38.1 Å². The number of nitrogens with zero attached hydrogens (tertiary/aromatic N) is 2. The number of guanidine groups is 1. The minimum Gasteiger partial charge on any atom is -0.494 e. The van der Waals surface area contributed by atoms with Crippen molar-refractivity contribution in [1.82, 2.24) is 10.2 Å². The first kappa shape index (κ1) is 17.1. The van der Waals surface area contributed by atoms with E-state index in [2.05, 4.69) is 27.9 Å². The molecule has 0 aliphatic carbocycles. The number of hydrogen-bond donors (Lipinski definition) is 1. The van der Waals surface area contributed by atoms with Crippen LogP contribution in [0.1, 0.15) is 25.3 Å². The third-order valence-corrected chi connectivity index (χ3v) is 3.18. The van der Waals surface area contributed by atoms with E-state index in [1.165, 1.54) is 0 Å². The SMILES string of the molecule is C=CCCCN(C)C(=NC)NCc1ccccc1OCC. The fourth-order valence-corrected chi connectivity index (χ4v) is 2.08. The molecule has 0 unspecified atom stereocenters. The molecule has 0 fully saturated rings. The molecule has 1 N–H and O–H groups in total. The van der Waals surface area contributed by atoms with E-state index in [-0.39, 0.29) is 0 Å². The molecule has 0 spiro atoms. The molecule has 1 aromatic carbocycles. The van der Waals surface area contributed by atoms with Gasteiger partial charge < -0.3 is 15.0 Å². The van der Waals surface area contributed by atoms with Gasteiger partial charge in [0.2, 0.25) is 0 Å². The van der Waals surface area contributed by atoms with E-state index in [4.69, 9.17) is 4.74 Å². The minimum atomic E-state index is 0.674. The van der Waals surface area contributed by atoms with Crippen molar-refractivity contribution in [1.29, 1.82) is 0 Å². The molecule has 1 rings (SSSR count). The van der Waals surface area contributed by atoms with Crippen LogP contribution in [0.5, 0.6) is 5.75 Å². The van der Waals surface area contributed by atoms with Crippen LogP contribution in [0.25, 0.3) is 0 Å². The fourth-order valence-electron chi connectivity index (χ4n) is 2.08. The fraction of sp³-hybridized carbons (Fsp3) is 0.471. The summed E-state index contributed by atoms with van der Waals surface area (Å²) < 4.78 is 5.64. The number of benzene rings is 1. The Morgan fingerprint density at radius 2 is 2.19 bits per heavy atom. The average molecular weight is 289 g/mol. The van der Waals surface area contributed by atoms with E-state index in [9.17, 15) is 0 Å². The van der Waals surface area contributed by atoms with Crippen LogP contribution in [0, 0.1) is 0 Å². The number of allylic oxidation sites excluding steroid dienone is 1. The van der Waals surface area contributed by atoms with Gasteiger partial charge in [-0.25, -0.2) is 0 Å². The summed E-state index contributed by atoms with van der Waals surface area (Å²) in [6, 6.07) is 8.08. The van der Waals surface area contributed by atoms with Crippen molar-refractivity contribution in [3.05, 3.63) is 42.5 Å². The first-order chi connectivity index (χ1) is 10.2. The highest BCUT2D eigenvalue weighted by Crippen LogP contribution is 2.17. The first-order valence-electron chi connectivity index (χ1n) is 7.46. The van der Waals surface area contributed by atoms with Crippen molar-refractivity contribution < 1.29 is 4.74 Å². The number of unbranched alkanes of at least 4 members (excludes halogenated alkanes) is 1. The zero-order valence-electron chi connectivity index (χ0n) is 13.4. The second kappa shape index (κ2) is 9.86. The lowest BCUT2D eigenvalue weighted by Crippen LogP contribution is -2.39. The number of nitrogens with one attached hydrogen (secondary N) is 1. The average Bonchev–Trinajstić information content (AvgIpc) is 2.50. The van der Waals surface area contributed by atoms with Gasteiger partial charge in [-0.2, -0.15) is 0 Å². The molecule has 1 aromatic rings. The monoisotopic (exact) mass is 289 g/mol. The Balaban J connectivity index is 2.57. The van der Waals surface area contributed by atoms with Crippen LogP contribution in [0.15, 0.2) is 41.9 Å². The Morgan fingerprint density at radius 1 is 1.43 bits per heavy atom. The smallest absolute Gasteiger partial charge is 0.193 e. The highest BCUT2D eigenvalue weighted by atomic mass is 16.5. The molecule has 0 aliphatic rings. The lowest BCUT2D eigenvalue weighted by molar-refractivity contribution is 0.336. The first-order valence-corrected chi connectivity index (χ1v) is 7.46. The minimum absolute atomic E-state index is 0.674. The van der Waals surface area contributed by atoms with Crippen LogP contribution >= 0.6 is 0 Å². The summed E-state index contributed by atoms with van der Waals surface area (Å²) >= 11 is 0. The summed E-state index contributed by atoms with van der Waals surface area (Å²) in [5, 5.41) is 3.38. The predicted octanol–water partition coefficient (Wildman–Crippen LogP) is 3.06. The van der Waals surface area contributed by atoms with E-state index in [0.29, 0.717) is 13.2 Å². The second-order valence-corrected chi connectivity index (χ2v) is 4.79.